The number of carbonyl (C=O) groups excluding carboxylic acids is 1. The second-order valence-corrected chi connectivity index (χ2v) is 6.15. The van der Waals surface area contributed by atoms with Gasteiger partial charge in [0.25, 0.3) is 5.91 Å². The van der Waals surface area contributed by atoms with E-state index in [1.807, 2.05) is 7.05 Å². The summed E-state index contributed by atoms with van der Waals surface area (Å²) in [6.07, 6.45) is 13.7. The number of carbonyl (C=O) groups is 1. The van der Waals surface area contributed by atoms with Crippen LogP contribution in [0.25, 0.3) is 0 Å². The zero-order valence-electron chi connectivity index (χ0n) is 14.3. The van der Waals surface area contributed by atoms with Crippen LogP contribution in [-0.4, -0.2) is 36.0 Å². The fraction of sp³-hybridized carbons (Fsp3) is 0.611. The SMILES string of the molecule is CCCCN(C)c1cnc(C(=O)NCCC2=CCCCC2)cn1. The van der Waals surface area contributed by atoms with Gasteiger partial charge < -0.3 is 10.2 Å². The summed E-state index contributed by atoms with van der Waals surface area (Å²) in [6, 6.07) is 0. The Morgan fingerprint density at radius 1 is 1.30 bits per heavy atom. The number of aromatic nitrogens is 2. The average molecular weight is 316 g/mol. The third-order valence-corrected chi connectivity index (χ3v) is 4.23. The first kappa shape index (κ1) is 17.4. The highest BCUT2D eigenvalue weighted by Gasteiger charge is 2.10. The molecule has 0 unspecified atom stereocenters. The van der Waals surface area contributed by atoms with Crippen LogP contribution >= 0.6 is 0 Å². The summed E-state index contributed by atoms with van der Waals surface area (Å²) in [5, 5.41) is 2.93. The van der Waals surface area contributed by atoms with Gasteiger partial charge in [-0.15, -0.1) is 0 Å². The van der Waals surface area contributed by atoms with Gasteiger partial charge in [-0.3, -0.25) is 4.79 Å². The number of hydrogen-bond acceptors (Lipinski definition) is 4. The van der Waals surface area contributed by atoms with Crippen LogP contribution in [0.4, 0.5) is 5.82 Å². The van der Waals surface area contributed by atoms with Crippen LogP contribution in [0.15, 0.2) is 24.0 Å². The van der Waals surface area contributed by atoms with Crippen LogP contribution < -0.4 is 10.2 Å². The maximum Gasteiger partial charge on any atom is 0.271 e. The lowest BCUT2D eigenvalue weighted by molar-refractivity contribution is 0.0948. The van der Waals surface area contributed by atoms with Crippen LogP contribution in [0, 0.1) is 0 Å². The number of anilines is 1. The second-order valence-electron chi connectivity index (χ2n) is 6.15. The fourth-order valence-corrected chi connectivity index (χ4v) is 2.70. The molecule has 1 aliphatic carbocycles. The van der Waals surface area contributed by atoms with Crippen LogP contribution in [0.2, 0.25) is 0 Å². The molecule has 0 spiro atoms. The topological polar surface area (TPSA) is 58.1 Å². The Labute approximate surface area is 139 Å². The van der Waals surface area contributed by atoms with Crippen molar-refractivity contribution in [1.29, 1.82) is 0 Å². The van der Waals surface area contributed by atoms with Gasteiger partial charge in [0.2, 0.25) is 0 Å². The zero-order chi connectivity index (χ0) is 16.5. The van der Waals surface area contributed by atoms with Crippen molar-refractivity contribution in [2.45, 2.75) is 51.9 Å². The largest absolute Gasteiger partial charge is 0.358 e. The molecule has 1 aromatic rings. The van der Waals surface area contributed by atoms with E-state index < -0.39 is 0 Å². The molecule has 5 nitrogen and oxygen atoms in total. The summed E-state index contributed by atoms with van der Waals surface area (Å²) >= 11 is 0. The van der Waals surface area contributed by atoms with Gasteiger partial charge in [0.15, 0.2) is 0 Å². The van der Waals surface area contributed by atoms with E-state index in [0.29, 0.717) is 12.2 Å². The second kappa shape index (κ2) is 9.28. The number of rotatable bonds is 8. The summed E-state index contributed by atoms with van der Waals surface area (Å²) in [5.41, 5.74) is 1.85. The van der Waals surface area contributed by atoms with Crippen molar-refractivity contribution in [2.75, 3.05) is 25.0 Å². The summed E-state index contributed by atoms with van der Waals surface area (Å²) < 4.78 is 0. The lowest BCUT2D eigenvalue weighted by Crippen LogP contribution is -2.26. The molecule has 0 bridgehead atoms. The molecule has 0 saturated heterocycles. The molecular weight excluding hydrogens is 288 g/mol. The van der Waals surface area contributed by atoms with Gasteiger partial charge in [0.05, 0.1) is 12.4 Å². The van der Waals surface area contributed by atoms with Gasteiger partial charge in [-0.05, 0) is 38.5 Å². The highest BCUT2D eigenvalue weighted by atomic mass is 16.1. The molecule has 5 heteroatoms. The first-order chi connectivity index (χ1) is 11.2. The predicted molar refractivity (Wildman–Crippen MR) is 93.7 cm³/mol. The normalized spacial score (nSPS) is 14.3. The molecule has 1 heterocycles. The molecule has 1 N–H and O–H groups in total. The molecule has 126 valence electrons. The highest BCUT2D eigenvalue weighted by Crippen LogP contribution is 2.19. The van der Waals surface area contributed by atoms with E-state index in [1.54, 1.807) is 12.4 Å². The van der Waals surface area contributed by atoms with E-state index in [4.69, 9.17) is 0 Å². The highest BCUT2D eigenvalue weighted by molar-refractivity contribution is 5.92. The summed E-state index contributed by atoms with van der Waals surface area (Å²) in [7, 11) is 2.00. The molecule has 1 aromatic heterocycles. The minimum Gasteiger partial charge on any atom is -0.358 e. The fourth-order valence-electron chi connectivity index (χ4n) is 2.70. The molecule has 1 amide bonds. The van der Waals surface area contributed by atoms with Crippen LogP contribution in [0.1, 0.15) is 62.4 Å². The van der Waals surface area contributed by atoms with E-state index in [-0.39, 0.29) is 5.91 Å². The first-order valence-electron chi connectivity index (χ1n) is 8.70. The van der Waals surface area contributed by atoms with Gasteiger partial charge in [-0.25, -0.2) is 9.97 Å². The number of amides is 1. The molecule has 0 saturated carbocycles. The number of nitrogens with one attached hydrogen (secondary N) is 1. The van der Waals surface area contributed by atoms with E-state index in [0.717, 1.165) is 31.6 Å². The molecule has 23 heavy (non-hydrogen) atoms. The molecule has 0 aliphatic heterocycles. The summed E-state index contributed by atoms with van der Waals surface area (Å²) in [6.45, 7) is 3.78. The smallest absolute Gasteiger partial charge is 0.271 e. The van der Waals surface area contributed by atoms with Crippen molar-refractivity contribution in [2.24, 2.45) is 0 Å². The van der Waals surface area contributed by atoms with E-state index in [2.05, 4.69) is 33.2 Å². The number of allylic oxidation sites excluding steroid dienone is 1. The number of unbranched alkanes of at least 4 members (excludes halogenated alkanes) is 1. The quantitative estimate of drug-likeness (QED) is 0.747. The van der Waals surface area contributed by atoms with E-state index in [1.165, 1.54) is 31.3 Å². The molecule has 1 aliphatic rings. The monoisotopic (exact) mass is 316 g/mol. The number of nitrogens with zero attached hydrogens (tertiary/aromatic N) is 3. The molecule has 2 rings (SSSR count). The first-order valence-corrected chi connectivity index (χ1v) is 8.70. The van der Waals surface area contributed by atoms with Crippen molar-refractivity contribution in [1.82, 2.24) is 15.3 Å². The Kier molecular flexibility index (Phi) is 7.04. The Bertz CT molecular complexity index is 524. The van der Waals surface area contributed by atoms with Crippen LogP contribution in [-0.2, 0) is 0 Å². The molecule has 0 radical (unpaired) electrons. The lowest BCUT2D eigenvalue weighted by Gasteiger charge is -2.17. The van der Waals surface area contributed by atoms with Crippen molar-refractivity contribution in [3.05, 3.63) is 29.7 Å². The molecule has 0 atom stereocenters. The average Bonchev–Trinajstić information content (AvgIpc) is 2.60. The Hall–Kier alpha value is -1.91. The van der Waals surface area contributed by atoms with Gasteiger partial charge in [0, 0.05) is 20.1 Å². The lowest BCUT2D eigenvalue weighted by atomic mass is 9.97. The predicted octanol–water partition coefficient (Wildman–Crippen LogP) is 3.33. The van der Waals surface area contributed by atoms with Gasteiger partial charge in [-0.2, -0.15) is 0 Å². The summed E-state index contributed by atoms with van der Waals surface area (Å²) in [5.74, 6) is 0.666. The minimum atomic E-state index is -0.142. The summed E-state index contributed by atoms with van der Waals surface area (Å²) in [4.78, 5) is 22.7. The van der Waals surface area contributed by atoms with E-state index >= 15 is 0 Å². The van der Waals surface area contributed by atoms with E-state index in [9.17, 15) is 4.79 Å². The Morgan fingerprint density at radius 3 is 2.83 bits per heavy atom. The van der Waals surface area contributed by atoms with Crippen molar-refractivity contribution < 1.29 is 4.79 Å². The maximum atomic E-state index is 12.1. The van der Waals surface area contributed by atoms with Crippen molar-refractivity contribution >= 4 is 11.7 Å². The maximum absolute atomic E-state index is 12.1. The standard InChI is InChI=1S/C18H28N4O/c1-3-4-12-22(2)17-14-20-16(13-21-17)18(23)19-11-10-15-8-6-5-7-9-15/h8,13-14H,3-7,9-12H2,1-2H3,(H,19,23). The van der Waals surface area contributed by atoms with Crippen molar-refractivity contribution in [3.63, 3.8) is 0 Å². The number of hydrogen-bond donors (Lipinski definition) is 1. The van der Waals surface area contributed by atoms with Crippen molar-refractivity contribution in [3.8, 4) is 0 Å². The van der Waals surface area contributed by atoms with Crippen LogP contribution in [0.5, 0.6) is 0 Å². The molecule has 0 aromatic carbocycles. The van der Waals surface area contributed by atoms with Gasteiger partial charge in [-0.1, -0.05) is 25.0 Å². The van der Waals surface area contributed by atoms with Gasteiger partial charge in [0.1, 0.15) is 11.5 Å². The molecular formula is C18H28N4O. The third-order valence-electron chi connectivity index (χ3n) is 4.23. The Morgan fingerprint density at radius 2 is 2.17 bits per heavy atom. The third kappa shape index (κ3) is 5.66. The zero-order valence-corrected chi connectivity index (χ0v) is 14.3. The minimum absolute atomic E-state index is 0.142. The van der Waals surface area contributed by atoms with Gasteiger partial charge >= 0.3 is 0 Å². The Balaban J connectivity index is 1.79. The molecule has 0 fully saturated rings. The van der Waals surface area contributed by atoms with Crippen LogP contribution in [0.3, 0.4) is 0 Å².